The van der Waals surface area contributed by atoms with E-state index in [-0.39, 0.29) is 36.6 Å². The van der Waals surface area contributed by atoms with E-state index in [0.29, 0.717) is 6.54 Å². The van der Waals surface area contributed by atoms with Crippen LogP contribution in [0.4, 0.5) is 4.79 Å². The Kier molecular flexibility index (Phi) is 6.97. The minimum atomic E-state index is -0.813. The fraction of sp³-hybridized carbons (Fsp3) is 0.632. The zero-order valence-electron chi connectivity index (χ0n) is 16.0. The number of nitrogens with zero attached hydrogens (tertiary/aromatic N) is 2. The predicted molar refractivity (Wildman–Crippen MR) is 99.9 cm³/mol. The summed E-state index contributed by atoms with van der Waals surface area (Å²) < 4.78 is 0. The highest BCUT2D eigenvalue weighted by Crippen LogP contribution is 2.26. The van der Waals surface area contributed by atoms with E-state index in [9.17, 15) is 9.59 Å². The van der Waals surface area contributed by atoms with E-state index in [1.54, 1.807) is 6.20 Å². The molecular weight excluding hydrogens is 332 g/mol. The molecule has 3 N–H and O–H groups in total. The highest BCUT2D eigenvalue weighted by molar-refractivity contribution is 5.75. The van der Waals surface area contributed by atoms with Crippen LogP contribution in [0.2, 0.25) is 0 Å². The molecule has 1 aliphatic carbocycles. The zero-order valence-corrected chi connectivity index (χ0v) is 16.0. The van der Waals surface area contributed by atoms with Gasteiger partial charge in [0.1, 0.15) is 0 Å². The Morgan fingerprint density at radius 3 is 2.62 bits per heavy atom. The van der Waals surface area contributed by atoms with Gasteiger partial charge in [0.15, 0.2) is 0 Å². The number of aliphatic carboxylic acids is 1. The van der Waals surface area contributed by atoms with Crippen molar-refractivity contribution in [1.29, 1.82) is 0 Å². The number of amides is 2. The molecule has 0 aliphatic heterocycles. The monoisotopic (exact) mass is 362 g/mol. The summed E-state index contributed by atoms with van der Waals surface area (Å²) in [5.74, 6) is -0.596. The average Bonchev–Trinajstić information content (AvgIpc) is 2.54. The first-order valence-corrected chi connectivity index (χ1v) is 9.26. The molecule has 2 rings (SSSR count). The third-order valence-corrected chi connectivity index (χ3v) is 5.01. The number of carboxylic acid groups (broad SMARTS) is 1. The van der Waals surface area contributed by atoms with Crippen molar-refractivity contribution in [3.05, 3.63) is 29.6 Å². The van der Waals surface area contributed by atoms with E-state index >= 15 is 0 Å². The zero-order chi connectivity index (χ0) is 19.3. The fourth-order valence-electron chi connectivity index (χ4n) is 3.42. The number of likely N-dealkylation sites (N-methyl/N-ethyl adjacent to an activating group) is 1. The molecule has 1 heterocycles. The van der Waals surface area contributed by atoms with Crippen LogP contribution in [0.25, 0.3) is 0 Å². The lowest BCUT2D eigenvalue weighted by Gasteiger charge is -2.42. The van der Waals surface area contributed by atoms with Gasteiger partial charge in [-0.15, -0.1) is 0 Å². The van der Waals surface area contributed by atoms with Gasteiger partial charge in [0, 0.05) is 18.3 Å². The predicted octanol–water partition coefficient (Wildman–Crippen LogP) is 2.32. The Morgan fingerprint density at radius 2 is 2.08 bits per heavy atom. The highest BCUT2D eigenvalue weighted by Gasteiger charge is 2.35. The van der Waals surface area contributed by atoms with E-state index in [0.717, 1.165) is 24.1 Å². The normalized spacial score (nSPS) is 20.5. The molecule has 144 valence electrons. The topological polar surface area (TPSA) is 94.6 Å². The number of urea groups is 1. The second-order valence-corrected chi connectivity index (χ2v) is 7.32. The molecule has 1 aromatic rings. The maximum Gasteiger partial charge on any atom is 0.317 e. The van der Waals surface area contributed by atoms with Gasteiger partial charge >= 0.3 is 12.0 Å². The van der Waals surface area contributed by atoms with Gasteiger partial charge in [-0.05, 0) is 43.9 Å². The molecule has 0 aromatic carbocycles. The summed E-state index contributed by atoms with van der Waals surface area (Å²) in [5.41, 5.74) is 1.95. The van der Waals surface area contributed by atoms with Gasteiger partial charge < -0.3 is 15.7 Å². The van der Waals surface area contributed by atoms with Crippen LogP contribution in [0, 0.1) is 12.8 Å². The first-order chi connectivity index (χ1) is 12.3. The molecule has 7 nitrogen and oxygen atoms in total. The number of aromatic nitrogens is 1. The number of nitrogens with one attached hydrogen (secondary N) is 2. The Hall–Kier alpha value is -2.15. The van der Waals surface area contributed by atoms with Gasteiger partial charge in [-0.3, -0.25) is 14.7 Å². The van der Waals surface area contributed by atoms with E-state index < -0.39 is 5.97 Å². The van der Waals surface area contributed by atoms with E-state index in [2.05, 4.69) is 29.5 Å². The quantitative estimate of drug-likeness (QED) is 0.660. The summed E-state index contributed by atoms with van der Waals surface area (Å²) in [4.78, 5) is 29.7. The number of hydrogen-bond donors (Lipinski definition) is 3. The molecule has 0 saturated heterocycles. The second kappa shape index (κ2) is 8.98. The summed E-state index contributed by atoms with van der Waals surface area (Å²) in [6.07, 6.45) is 3.31. The van der Waals surface area contributed by atoms with Crippen LogP contribution >= 0.6 is 0 Å². The van der Waals surface area contributed by atoms with Crippen molar-refractivity contribution >= 4 is 12.0 Å². The maximum absolute atomic E-state index is 12.4. The van der Waals surface area contributed by atoms with Crippen LogP contribution in [-0.4, -0.2) is 52.2 Å². The van der Waals surface area contributed by atoms with Gasteiger partial charge in [0.25, 0.3) is 0 Å². The number of aryl methyl sites for hydroxylation is 1. The minimum absolute atomic E-state index is 0.0501. The smallest absolute Gasteiger partial charge is 0.317 e. The Morgan fingerprint density at radius 1 is 1.38 bits per heavy atom. The maximum atomic E-state index is 12.4. The largest absolute Gasteiger partial charge is 0.480 e. The molecule has 1 aliphatic rings. The number of carboxylic acids is 1. The van der Waals surface area contributed by atoms with Gasteiger partial charge in [-0.1, -0.05) is 26.8 Å². The highest BCUT2D eigenvalue weighted by atomic mass is 16.4. The average molecular weight is 362 g/mol. The molecule has 0 radical (unpaired) electrons. The van der Waals surface area contributed by atoms with Crippen molar-refractivity contribution in [2.45, 2.75) is 58.7 Å². The Balaban J connectivity index is 1.87. The van der Waals surface area contributed by atoms with Crippen LogP contribution in [0.15, 0.2) is 18.3 Å². The number of carbonyl (C=O) groups is 2. The molecule has 1 saturated carbocycles. The summed E-state index contributed by atoms with van der Waals surface area (Å²) in [6.45, 7) is 8.82. The lowest BCUT2D eigenvalue weighted by molar-refractivity contribution is -0.139. The molecule has 26 heavy (non-hydrogen) atoms. The van der Waals surface area contributed by atoms with Crippen molar-refractivity contribution in [2.75, 3.05) is 13.1 Å². The summed E-state index contributed by atoms with van der Waals surface area (Å²) >= 11 is 0. The first-order valence-electron chi connectivity index (χ1n) is 9.26. The summed E-state index contributed by atoms with van der Waals surface area (Å²) in [7, 11) is 0. The summed E-state index contributed by atoms with van der Waals surface area (Å²) in [5, 5.41) is 15.0. The fourth-order valence-corrected chi connectivity index (χ4v) is 3.42. The van der Waals surface area contributed by atoms with Crippen LogP contribution in [0.1, 0.15) is 50.9 Å². The van der Waals surface area contributed by atoms with Crippen LogP contribution in [-0.2, 0) is 4.79 Å². The number of pyridine rings is 1. The van der Waals surface area contributed by atoms with Crippen LogP contribution in [0.5, 0.6) is 0 Å². The molecule has 0 spiro atoms. The molecule has 1 fully saturated rings. The minimum Gasteiger partial charge on any atom is -0.480 e. The molecule has 7 heteroatoms. The van der Waals surface area contributed by atoms with E-state index in [1.165, 1.54) is 0 Å². The van der Waals surface area contributed by atoms with Crippen molar-refractivity contribution in [1.82, 2.24) is 20.5 Å². The van der Waals surface area contributed by atoms with Gasteiger partial charge in [0.2, 0.25) is 0 Å². The van der Waals surface area contributed by atoms with Crippen molar-refractivity contribution < 1.29 is 14.7 Å². The number of rotatable bonds is 8. The van der Waals surface area contributed by atoms with Crippen molar-refractivity contribution in [3.8, 4) is 0 Å². The van der Waals surface area contributed by atoms with Crippen molar-refractivity contribution in [3.63, 3.8) is 0 Å². The van der Waals surface area contributed by atoms with E-state index in [4.69, 9.17) is 5.11 Å². The molecule has 1 unspecified atom stereocenters. The van der Waals surface area contributed by atoms with E-state index in [1.807, 2.05) is 30.9 Å². The van der Waals surface area contributed by atoms with Crippen molar-refractivity contribution in [2.24, 2.45) is 5.92 Å². The lowest BCUT2D eigenvalue weighted by Crippen LogP contribution is -2.56. The second-order valence-electron chi connectivity index (χ2n) is 7.32. The SMILES string of the molecule is CCN(CC(=O)O)C1CC(NC(=O)NC(c2ncccc2C)C(C)C)C1. The molecular formula is C19H30N4O3. The van der Waals surface area contributed by atoms with Crippen LogP contribution in [0.3, 0.4) is 0 Å². The Bertz CT molecular complexity index is 629. The van der Waals surface area contributed by atoms with Gasteiger partial charge in [-0.2, -0.15) is 0 Å². The third-order valence-electron chi connectivity index (χ3n) is 5.01. The molecule has 1 atom stereocenters. The van der Waals surface area contributed by atoms with Crippen LogP contribution < -0.4 is 10.6 Å². The van der Waals surface area contributed by atoms with Gasteiger partial charge in [-0.25, -0.2) is 4.79 Å². The number of hydrogen-bond acceptors (Lipinski definition) is 4. The standard InChI is InChI=1S/C19H30N4O3/c1-5-23(11-16(24)25)15-9-14(10-15)21-19(26)22-17(12(2)3)18-13(4)7-6-8-20-18/h6-8,12,14-15,17H,5,9-11H2,1-4H3,(H,24,25)(H2,21,22,26). The summed E-state index contributed by atoms with van der Waals surface area (Å²) in [6, 6.07) is 3.85. The lowest BCUT2D eigenvalue weighted by atomic mass is 9.85. The molecule has 1 aromatic heterocycles. The Labute approximate surface area is 155 Å². The molecule has 0 bridgehead atoms. The third kappa shape index (κ3) is 5.17. The van der Waals surface area contributed by atoms with Gasteiger partial charge in [0.05, 0.1) is 18.3 Å². The first kappa shape index (κ1) is 20.2. The number of carbonyl (C=O) groups excluding carboxylic acids is 1. The molecule has 2 amide bonds.